The minimum Gasteiger partial charge on any atom is -0.394 e. The molecule has 1 aromatic rings. The number of halogens is 7. The van der Waals surface area contributed by atoms with Gasteiger partial charge < -0.3 is 21.3 Å². The first kappa shape index (κ1) is 23.9. The molecule has 0 spiro atoms. The van der Waals surface area contributed by atoms with Gasteiger partial charge in [0.1, 0.15) is 34.7 Å². The van der Waals surface area contributed by atoms with Gasteiger partial charge in [-0.2, -0.15) is 31.6 Å². The number of aliphatic hydroxyl groups excluding tert-OH is 2. The number of nitrogens with zero attached hydrogens (tertiary/aromatic N) is 2. The van der Waals surface area contributed by atoms with E-state index in [2.05, 4.69) is 10.3 Å². The highest BCUT2D eigenvalue weighted by Crippen LogP contribution is 2.43. The molecule has 2 rings (SSSR count). The lowest BCUT2D eigenvalue weighted by atomic mass is 9.96. The summed E-state index contributed by atoms with van der Waals surface area (Å²) in [6, 6.07) is 0.454. The first-order chi connectivity index (χ1) is 13.7. The van der Waals surface area contributed by atoms with Crippen LogP contribution in [0.5, 0.6) is 0 Å². The Morgan fingerprint density at radius 3 is 2.43 bits per heavy atom. The first-order valence-corrected chi connectivity index (χ1v) is 9.18. The third-order valence-electron chi connectivity index (χ3n) is 3.81. The van der Waals surface area contributed by atoms with Gasteiger partial charge >= 0.3 is 11.7 Å². The minimum atomic E-state index is -5.36. The summed E-state index contributed by atoms with van der Waals surface area (Å²) in [5.74, 6) is -0.906. The molecule has 0 aromatic heterocycles. The van der Waals surface area contributed by atoms with Crippen LogP contribution in [-0.4, -0.2) is 38.5 Å². The van der Waals surface area contributed by atoms with E-state index in [9.17, 15) is 40.8 Å². The lowest BCUT2D eigenvalue weighted by molar-refractivity contribution is -0.137. The van der Waals surface area contributed by atoms with Crippen molar-refractivity contribution in [2.24, 2.45) is 10.7 Å². The van der Waals surface area contributed by atoms with Crippen molar-refractivity contribution >= 4 is 33.9 Å². The number of nitrogens with two attached hydrogens (primary N) is 1. The molecule has 0 amide bonds. The molecule has 5 N–H and O–H groups in total. The number of allylic oxidation sites excluding steroid dienone is 1. The Morgan fingerprint density at radius 2 is 1.97 bits per heavy atom. The van der Waals surface area contributed by atoms with Crippen molar-refractivity contribution < 1.29 is 40.8 Å². The molecule has 164 valence electrons. The fraction of sp³-hybridized carbons (Fsp3) is 0.333. The second-order valence-corrected chi connectivity index (χ2v) is 7.60. The highest BCUT2D eigenvalue weighted by Gasteiger charge is 2.44. The second kappa shape index (κ2) is 8.42. The van der Waals surface area contributed by atoms with Gasteiger partial charge in [-0.15, -0.1) is 0 Å². The monoisotopic (exact) mass is 476 g/mol. The maximum absolute atomic E-state index is 13.1. The van der Waals surface area contributed by atoms with Gasteiger partial charge in [-0.05, 0) is 12.1 Å². The summed E-state index contributed by atoms with van der Waals surface area (Å²) in [5.41, 5.74) is -3.29. The van der Waals surface area contributed by atoms with Crippen molar-refractivity contribution in [3.05, 3.63) is 38.9 Å². The predicted molar refractivity (Wildman–Crippen MR) is 94.4 cm³/mol. The highest BCUT2D eigenvalue weighted by atomic mass is 35.5. The van der Waals surface area contributed by atoms with Gasteiger partial charge in [-0.3, -0.25) is 4.99 Å². The van der Waals surface area contributed by atoms with Crippen molar-refractivity contribution in [3.8, 4) is 6.07 Å². The molecule has 7 nitrogen and oxygen atoms in total. The molecule has 15 heteroatoms. The zero-order valence-electron chi connectivity index (χ0n) is 14.3. The van der Waals surface area contributed by atoms with Crippen LogP contribution in [0.3, 0.4) is 0 Å². The summed E-state index contributed by atoms with van der Waals surface area (Å²) in [6.45, 7) is -1.04. The number of rotatable bonds is 4. The maximum Gasteiger partial charge on any atom is 0.476 e. The third-order valence-corrected chi connectivity index (χ3v) is 5.31. The molecule has 1 aromatic carbocycles. The van der Waals surface area contributed by atoms with E-state index >= 15 is 0 Å². The minimum absolute atomic E-state index is 0.394. The molecule has 0 aliphatic carbocycles. The fourth-order valence-corrected chi connectivity index (χ4v) is 3.54. The van der Waals surface area contributed by atoms with Crippen LogP contribution in [0.15, 0.2) is 27.7 Å². The molecular weight excluding hydrogens is 466 g/mol. The Balaban J connectivity index is 2.76. The van der Waals surface area contributed by atoms with Gasteiger partial charge in [-0.1, -0.05) is 11.6 Å². The Bertz CT molecular complexity index is 986. The number of anilines is 1. The Morgan fingerprint density at radius 1 is 1.37 bits per heavy atom. The van der Waals surface area contributed by atoms with Crippen molar-refractivity contribution in [1.82, 2.24) is 0 Å². The predicted octanol–water partition coefficient (Wildman–Crippen LogP) is 2.54. The lowest BCUT2D eigenvalue weighted by Gasteiger charge is -2.30. The quantitative estimate of drug-likeness (QED) is 0.390. The van der Waals surface area contributed by atoms with E-state index in [1.54, 1.807) is 0 Å². The van der Waals surface area contributed by atoms with Gasteiger partial charge in [0.05, 0.1) is 22.9 Å². The molecule has 0 radical (unpaired) electrons. The topological polar surface area (TPSA) is 132 Å². The summed E-state index contributed by atoms with van der Waals surface area (Å²) >= 11 is 5.85. The molecule has 0 saturated carbocycles. The van der Waals surface area contributed by atoms with Crippen LogP contribution < -0.4 is 11.1 Å². The molecular formula is C15H11ClF6N4O3S. The number of hydrogen-bond acceptors (Lipinski definition) is 7. The van der Waals surface area contributed by atoms with E-state index in [1.807, 2.05) is 0 Å². The normalized spacial score (nSPS) is 19.6. The number of nitrogens with one attached hydrogen (secondary N) is 1. The molecule has 3 unspecified atom stereocenters. The Kier molecular flexibility index (Phi) is 6.72. The number of aliphatic hydroxyl groups is 2. The van der Waals surface area contributed by atoms with E-state index in [4.69, 9.17) is 22.6 Å². The molecule has 1 heterocycles. The van der Waals surface area contributed by atoms with Crippen LogP contribution in [0.1, 0.15) is 17.2 Å². The van der Waals surface area contributed by atoms with Gasteiger partial charge in [0.15, 0.2) is 10.8 Å². The van der Waals surface area contributed by atoms with Crippen LogP contribution in [0, 0.1) is 11.3 Å². The molecule has 0 bridgehead atoms. The number of nitriles is 1. The lowest BCUT2D eigenvalue weighted by Crippen LogP contribution is -2.34. The van der Waals surface area contributed by atoms with Gasteiger partial charge in [0.2, 0.25) is 0 Å². The second-order valence-electron chi connectivity index (χ2n) is 5.79. The largest absolute Gasteiger partial charge is 0.476 e. The van der Waals surface area contributed by atoms with Crippen molar-refractivity contribution in [1.29, 1.82) is 5.26 Å². The zero-order chi connectivity index (χ0) is 23.0. The molecule has 0 saturated heterocycles. The summed E-state index contributed by atoms with van der Waals surface area (Å²) < 4.78 is 90.2. The summed E-state index contributed by atoms with van der Waals surface area (Å²) in [5, 5.41) is 29.7. The number of fused-ring (bicyclic) bond motifs is 1. The summed E-state index contributed by atoms with van der Waals surface area (Å²) in [4.78, 5) is 2.35. The third kappa shape index (κ3) is 4.69. The highest BCUT2D eigenvalue weighted by molar-refractivity contribution is 7.91. The molecule has 3 atom stereocenters. The van der Waals surface area contributed by atoms with E-state index < -0.39 is 79.5 Å². The number of alkyl halides is 6. The number of aliphatic imine (C=N–C) groups is 1. The van der Waals surface area contributed by atoms with Crippen molar-refractivity contribution in [2.75, 3.05) is 11.9 Å². The van der Waals surface area contributed by atoms with E-state index in [0.29, 0.717) is 12.1 Å². The van der Waals surface area contributed by atoms with Crippen LogP contribution in [-0.2, 0) is 17.0 Å². The number of amidine groups is 1. The van der Waals surface area contributed by atoms with Crippen molar-refractivity contribution in [3.63, 3.8) is 0 Å². The summed E-state index contributed by atoms with van der Waals surface area (Å²) in [7, 11) is -3.86. The van der Waals surface area contributed by atoms with Crippen LogP contribution >= 0.6 is 11.6 Å². The van der Waals surface area contributed by atoms with Gasteiger partial charge in [0, 0.05) is 5.56 Å². The van der Waals surface area contributed by atoms with Gasteiger partial charge in [-0.25, -0.2) is 4.21 Å². The fourth-order valence-electron chi connectivity index (χ4n) is 2.51. The van der Waals surface area contributed by atoms with E-state index in [-0.39, 0.29) is 0 Å². The molecule has 30 heavy (non-hydrogen) atoms. The standard InChI is InChI=1S/C15H11ClF6N4O3S/c16-7-2-5(14(17,18)19)1-6-10(7)25-13(26-11(6)9(28)4-27)12(8(24)3-23)30(29)15(20,21)22/h1-2,9,11,27-28H,4,24H2,(H,25,26). The summed E-state index contributed by atoms with van der Waals surface area (Å²) in [6.07, 6.45) is -6.73. The van der Waals surface area contributed by atoms with Crippen LogP contribution in [0.25, 0.3) is 0 Å². The maximum atomic E-state index is 13.1. The van der Waals surface area contributed by atoms with Crippen LogP contribution in [0.2, 0.25) is 5.02 Å². The van der Waals surface area contributed by atoms with Crippen LogP contribution in [0.4, 0.5) is 32.0 Å². The smallest absolute Gasteiger partial charge is 0.394 e. The first-order valence-electron chi connectivity index (χ1n) is 7.65. The van der Waals surface area contributed by atoms with Gasteiger partial charge in [0.25, 0.3) is 0 Å². The molecule has 1 aliphatic heterocycles. The Hall–Kier alpha value is -2.34. The number of hydrogen-bond donors (Lipinski definition) is 4. The molecule has 0 fully saturated rings. The Labute approximate surface area is 171 Å². The van der Waals surface area contributed by atoms with Crippen molar-refractivity contribution in [2.45, 2.75) is 23.8 Å². The number of benzene rings is 1. The average molecular weight is 477 g/mol. The average Bonchev–Trinajstić information content (AvgIpc) is 2.65. The molecule has 1 aliphatic rings. The van der Waals surface area contributed by atoms with E-state index in [1.165, 1.54) is 6.07 Å². The van der Waals surface area contributed by atoms with E-state index in [0.717, 1.165) is 0 Å². The SMILES string of the molecule is N#CC(N)=C(C1=NC(C(O)CO)c2cc(C(F)(F)F)cc(Cl)c2N1)S(=O)C(F)(F)F. The zero-order valence-corrected chi connectivity index (χ0v) is 15.9.